The van der Waals surface area contributed by atoms with E-state index in [9.17, 15) is 10.1 Å². The molecule has 0 radical (unpaired) electrons. The Kier molecular flexibility index (Phi) is 5.41. The Hall–Kier alpha value is -1.79. The minimum atomic E-state index is -0.368. The number of nitro benzene ring substituents is 1. The molecule has 0 saturated carbocycles. The highest BCUT2D eigenvalue weighted by Crippen LogP contribution is 2.32. The lowest BCUT2D eigenvalue weighted by Gasteiger charge is -2.10. The highest BCUT2D eigenvalue weighted by Gasteiger charge is 2.16. The average molecular weight is 324 g/mol. The number of pyridine rings is 1. The summed E-state index contributed by atoms with van der Waals surface area (Å²) in [6.45, 7) is 2.54. The minimum Gasteiger partial charge on any atom is -0.380 e. The van der Waals surface area contributed by atoms with Crippen molar-refractivity contribution in [1.29, 1.82) is 0 Å². The van der Waals surface area contributed by atoms with Gasteiger partial charge in [-0.2, -0.15) is 0 Å². The monoisotopic (exact) mass is 323 g/mol. The van der Waals surface area contributed by atoms with Crippen LogP contribution in [0.2, 0.25) is 5.02 Å². The number of rotatable bonds is 6. The van der Waals surface area contributed by atoms with Crippen LogP contribution in [0, 0.1) is 10.1 Å². The summed E-state index contributed by atoms with van der Waals surface area (Å²) >= 11 is 7.30. The zero-order valence-corrected chi connectivity index (χ0v) is 12.9. The van der Waals surface area contributed by atoms with Crippen molar-refractivity contribution in [3.05, 3.63) is 57.2 Å². The van der Waals surface area contributed by atoms with Gasteiger partial charge >= 0.3 is 0 Å². The molecule has 0 spiro atoms. The molecule has 110 valence electrons. The molecule has 1 aromatic carbocycles. The van der Waals surface area contributed by atoms with Crippen LogP contribution in [-0.2, 0) is 5.75 Å². The van der Waals surface area contributed by atoms with Crippen LogP contribution >= 0.6 is 23.4 Å². The summed E-state index contributed by atoms with van der Waals surface area (Å²) in [6.07, 6.45) is 1.59. The van der Waals surface area contributed by atoms with Gasteiger partial charge in [0.05, 0.1) is 15.0 Å². The van der Waals surface area contributed by atoms with E-state index in [0.29, 0.717) is 23.0 Å². The van der Waals surface area contributed by atoms with Crippen molar-refractivity contribution < 1.29 is 4.92 Å². The fourth-order valence-corrected chi connectivity index (χ4v) is 2.79. The standard InChI is InChI=1S/C14H14ClN3O2S/c1-2-16-14-10(4-3-5-12(14)18(19)20)9-21-13-7-6-11(15)8-17-13/h3-8,16H,2,9H2,1H3. The number of hydrogen-bond acceptors (Lipinski definition) is 5. The summed E-state index contributed by atoms with van der Waals surface area (Å²) in [5.41, 5.74) is 1.55. The molecule has 1 N–H and O–H groups in total. The first-order valence-electron chi connectivity index (χ1n) is 6.36. The summed E-state index contributed by atoms with van der Waals surface area (Å²) in [4.78, 5) is 14.9. The van der Waals surface area contributed by atoms with Gasteiger partial charge in [0.2, 0.25) is 0 Å². The molecule has 2 aromatic rings. The molecule has 0 aliphatic rings. The molecule has 0 aliphatic heterocycles. The van der Waals surface area contributed by atoms with Crippen LogP contribution in [0.4, 0.5) is 11.4 Å². The highest BCUT2D eigenvalue weighted by molar-refractivity contribution is 7.98. The van der Waals surface area contributed by atoms with Crippen molar-refractivity contribution in [2.45, 2.75) is 17.7 Å². The first kappa shape index (κ1) is 15.6. The molecule has 1 aromatic heterocycles. The average Bonchev–Trinajstić information content (AvgIpc) is 2.47. The predicted octanol–water partition coefficient (Wildman–Crippen LogP) is 4.37. The van der Waals surface area contributed by atoms with Crippen molar-refractivity contribution >= 4 is 34.7 Å². The molecule has 5 nitrogen and oxygen atoms in total. The molecule has 0 fully saturated rings. The van der Waals surface area contributed by atoms with Gasteiger partial charge in [0.1, 0.15) is 5.69 Å². The first-order chi connectivity index (χ1) is 10.1. The maximum absolute atomic E-state index is 11.1. The Bertz CT molecular complexity index is 635. The van der Waals surface area contributed by atoms with E-state index < -0.39 is 0 Å². The van der Waals surface area contributed by atoms with Gasteiger partial charge in [-0.3, -0.25) is 10.1 Å². The zero-order chi connectivity index (χ0) is 15.2. The molecule has 0 aliphatic carbocycles. The lowest BCUT2D eigenvalue weighted by atomic mass is 10.1. The Morgan fingerprint density at radius 1 is 1.38 bits per heavy atom. The maximum Gasteiger partial charge on any atom is 0.292 e. The summed E-state index contributed by atoms with van der Waals surface area (Å²) in [7, 11) is 0. The van der Waals surface area contributed by atoms with Crippen molar-refractivity contribution in [2.75, 3.05) is 11.9 Å². The number of halogens is 1. The zero-order valence-electron chi connectivity index (χ0n) is 11.4. The van der Waals surface area contributed by atoms with Crippen LogP contribution in [0.15, 0.2) is 41.6 Å². The van der Waals surface area contributed by atoms with Crippen LogP contribution in [-0.4, -0.2) is 16.5 Å². The maximum atomic E-state index is 11.1. The molecule has 1 heterocycles. The van der Waals surface area contributed by atoms with Crippen LogP contribution in [0.5, 0.6) is 0 Å². The third-order valence-electron chi connectivity index (χ3n) is 2.75. The second-order valence-corrected chi connectivity index (χ2v) is 5.63. The topological polar surface area (TPSA) is 68.1 Å². The molecule has 0 bridgehead atoms. The van der Waals surface area contributed by atoms with E-state index in [-0.39, 0.29) is 10.6 Å². The summed E-state index contributed by atoms with van der Waals surface area (Å²) in [6, 6.07) is 8.69. The van der Waals surface area contributed by atoms with E-state index in [2.05, 4.69) is 10.3 Å². The van der Waals surface area contributed by atoms with E-state index in [1.165, 1.54) is 17.8 Å². The lowest BCUT2D eigenvalue weighted by molar-refractivity contribution is -0.384. The normalized spacial score (nSPS) is 10.4. The largest absolute Gasteiger partial charge is 0.380 e. The molecule has 21 heavy (non-hydrogen) atoms. The second-order valence-electron chi connectivity index (χ2n) is 4.20. The third-order valence-corrected chi connectivity index (χ3v) is 3.97. The van der Waals surface area contributed by atoms with Crippen LogP contribution in [0.3, 0.4) is 0 Å². The Balaban J connectivity index is 2.20. The third kappa shape index (κ3) is 4.09. The molecule has 2 rings (SSSR count). The number of hydrogen-bond donors (Lipinski definition) is 1. The number of benzene rings is 1. The van der Waals surface area contributed by atoms with Crippen molar-refractivity contribution in [3.63, 3.8) is 0 Å². The highest BCUT2D eigenvalue weighted by atomic mass is 35.5. The van der Waals surface area contributed by atoms with E-state index in [1.807, 2.05) is 19.1 Å². The predicted molar refractivity (Wildman–Crippen MR) is 86.1 cm³/mol. The Morgan fingerprint density at radius 3 is 2.81 bits per heavy atom. The molecule has 0 unspecified atom stereocenters. The Labute approximate surface area is 131 Å². The number of aromatic nitrogens is 1. The number of para-hydroxylation sites is 1. The Morgan fingerprint density at radius 2 is 2.19 bits per heavy atom. The minimum absolute atomic E-state index is 0.0963. The molecule has 7 heteroatoms. The number of anilines is 1. The van der Waals surface area contributed by atoms with Crippen LogP contribution in [0.25, 0.3) is 0 Å². The summed E-state index contributed by atoms with van der Waals surface area (Å²) in [5.74, 6) is 0.596. The number of thioether (sulfide) groups is 1. The number of nitro groups is 1. The van der Waals surface area contributed by atoms with Crippen molar-refractivity contribution in [1.82, 2.24) is 4.98 Å². The quantitative estimate of drug-likeness (QED) is 0.486. The van der Waals surface area contributed by atoms with Gasteiger partial charge in [-0.25, -0.2) is 4.98 Å². The van der Waals surface area contributed by atoms with Gasteiger partial charge in [0.15, 0.2) is 0 Å². The fraction of sp³-hybridized carbons (Fsp3) is 0.214. The van der Waals surface area contributed by atoms with Crippen molar-refractivity contribution in [3.8, 4) is 0 Å². The molecule has 0 amide bonds. The molecular weight excluding hydrogens is 310 g/mol. The van der Waals surface area contributed by atoms with E-state index >= 15 is 0 Å². The van der Waals surface area contributed by atoms with Gasteiger partial charge in [-0.1, -0.05) is 23.7 Å². The lowest BCUT2D eigenvalue weighted by Crippen LogP contribution is -2.04. The van der Waals surface area contributed by atoms with E-state index in [4.69, 9.17) is 11.6 Å². The summed E-state index contributed by atoms with van der Waals surface area (Å²) in [5, 5.41) is 15.6. The van der Waals surface area contributed by atoms with Crippen LogP contribution < -0.4 is 5.32 Å². The van der Waals surface area contributed by atoms with Crippen LogP contribution in [0.1, 0.15) is 12.5 Å². The van der Waals surface area contributed by atoms with Crippen molar-refractivity contribution in [2.24, 2.45) is 0 Å². The first-order valence-corrected chi connectivity index (χ1v) is 7.72. The number of nitrogens with zero attached hydrogens (tertiary/aromatic N) is 2. The fourth-order valence-electron chi connectivity index (χ4n) is 1.84. The molecular formula is C14H14ClN3O2S. The summed E-state index contributed by atoms with van der Waals surface area (Å²) < 4.78 is 0. The van der Waals surface area contributed by atoms with Gasteiger partial charge in [-0.05, 0) is 24.6 Å². The van der Waals surface area contributed by atoms with Gasteiger partial charge in [-0.15, -0.1) is 11.8 Å². The van der Waals surface area contributed by atoms with Gasteiger partial charge < -0.3 is 5.32 Å². The van der Waals surface area contributed by atoms with E-state index in [0.717, 1.165) is 10.6 Å². The van der Waals surface area contributed by atoms with Gasteiger partial charge in [0, 0.05) is 24.6 Å². The molecule has 0 atom stereocenters. The van der Waals surface area contributed by atoms with Gasteiger partial charge in [0.25, 0.3) is 5.69 Å². The molecule has 0 saturated heterocycles. The smallest absolute Gasteiger partial charge is 0.292 e. The SMILES string of the molecule is CCNc1c(CSc2ccc(Cl)cn2)cccc1[N+](=O)[O-]. The number of nitrogens with one attached hydrogen (secondary N) is 1. The second kappa shape index (κ2) is 7.28. The van der Waals surface area contributed by atoms with E-state index in [1.54, 1.807) is 18.3 Å².